The Bertz CT molecular complexity index is 1140. The first kappa shape index (κ1) is 21.8. The second-order valence-electron chi connectivity index (χ2n) is 7.16. The van der Waals surface area contributed by atoms with Crippen molar-refractivity contribution in [3.63, 3.8) is 0 Å². The second kappa shape index (κ2) is 10.3. The molecule has 2 amide bonds. The van der Waals surface area contributed by atoms with Crippen LogP contribution in [0, 0.1) is 11.3 Å². The van der Waals surface area contributed by atoms with Crippen LogP contribution in [0.1, 0.15) is 27.3 Å². The van der Waals surface area contributed by atoms with E-state index in [1.807, 2.05) is 28.3 Å². The highest BCUT2D eigenvalue weighted by molar-refractivity contribution is 7.16. The molecule has 1 atom stereocenters. The van der Waals surface area contributed by atoms with E-state index in [4.69, 9.17) is 4.74 Å². The zero-order chi connectivity index (χ0) is 22.3. The number of imidazole rings is 1. The van der Waals surface area contributed by atoms with E-state index >= 15 is 0 Å². The summed E-state index contributed by atoms with van der Waals surface area (Å²) in [6.07, 6.45) is 9.49. The Morgan fingerprint density at radius 1 is 1.44 bits per heavy atom. The van der Waals surface area contributed by atoms with Crippen molar-refractivity contribution in [3.05, 3.63) is 63.2 Å². The third-order valence-corrected chi connectivity index (χ3v) is 6.99. The van der Waals surface area contributed by atoms with Gasteiger partial charge in [0.05, 0.1) is 11.9 Å². The summed E-state index contributed by atoms with van der Waals surface area (Å²) in [5.41, 5.74) is 1.45. The van der Waals surface area contributed by atoms with Gasteiger partial charge in [-0.25, -0.2) is 9.78 Å². The molecule has 0 fully saturated rings. The van der Waals surface area contributed by atoms with Crippen LogP contribution in [0.15, 0.2) is 42.3 Å². The fourth-order valence-corrected chi connectivity index (χ4v) is 5.34. The number of hydrogen-bond donors (Lipinski definition) is 2. The van der Waals surface area contributed by atoms with Crippen LogP contribution in [0.25, 0.3) is 6.08 Å². The zero-order valence-electron chi connectivity index (χ0n) is 17.1. The van der Waals surface area contributed by atoms with Crippen molar-refractivity contribution >= 4 is 45.8 Å². The third kappa shape index (κ3) is 5.43. The number of ether oxygens (including phenoxy) is 1. The third-order valence-electron chi connectivity index (χ3n) is 4.98. The van der Waals surface area contributed by atoms with E-state index in [1.54, 1.807) is 29.9 Å². The maximum absolute atomic E-state index is 12.3. The Morgan fingerprint density at radius 2 is 2.34 bits per heavy atom. The fraction of sp³-hybridized carbons (Fsp3) is 0.273. The first-order chi connectivity index (χ1) is 15.6. The minimum absolute atomic E-state index is 0.261. The Balaban J connectivity index is 1.33. The molecule has 1 aliphatic rings. The maximum Gasteiger partial charge on any atom is 0.407 e. The molecule has 1 aliphatic carbocycles. The number of rotatable bonds is 7. The van der Waals surface area contributed by atoms with Gasteiger partial charge in [0.15, 0.2) is 0 Å². The van der Waals surface area contributed by atoms with Gasteiger partial charge in [-0.1, -0.05) is 6.07 Å². The molecule has 3 aromatic rings. The molecule has 2 N–H and O–H groups in total. The number of nitriles is 1. The van der Waals surface area contributed by atoms with Crippen LogP contribution in [0.5, 0.6) is 0 Å². The molecular formula is C22H21N5O3S2. The summed E-state index contributed by atoms with van der Waals surface area (Å²) < 4.78 is 7.43. The predicted octanol–water partition coefficient (Wildman–Crippen LogP) is 3.81. The standard InChI is InChI=1S/C22H21N5O3S2/c23-13-18-17-5-3-15(30-22(29)25-8-10-27-9-7-24-14-27)12-19(17)32-21(18)26-20(28)6-4-16-2-1-11-31-16/h1-2,4,6-7,9,11,14-15H,3,5,8,10,12H2,(H,25,29)(H,26,28). The molecule has 8 nitrogen and oxygen atoms in total. The minimum atomic E-state index is -0.456. The number of carbonyl (C=O) groups is 2. The molecule has 1 unspecified atom stereocenters. The summed E-state index contributed by atoms with van der Waals surface area (Å²) in [7, 11) is 0. The van der Waals surface area contributed by atoms with Gasteiger partial charge in [-0.05, 0) is 35.9 Å². The largest absolute Gasteiger partial charge is 0.446 e. The van der Waals surface area contributed by atoms with Crippen LogP contribution in [0.4, 0.5) is 9.80 Å². The molecule has 0 aliphatic heterocycles. The molecule has 164 valence electrons. The van der Waals surface area contributed by atoms with Crippen LogP contribution >= 0.6 is 22.7 Å². The first-order valence-corrected chi connectivity index (χ1v) is 11.8. The summed E-state index contributed by atoms with van der Waals surface area (Å²) >= 11 is 2.92. The van der Waals surface area contributed by atoms with E-state index in [1.165, 1.54) is 17.4 Å². The summed E-state index contributed by atoms with van der Waals surface area (Å²) in [4.78, 5) is 30.3. The van der Waals surface area contributed by atoms with Gasteiger partial charge < -0.3 is 19.9 Å². The molecule has 4 rings (SSSR count). The van der Waals surface area contributed by atoms with Crippen molar-refractivity contribution < 1.29 is 14.3 Å². The molecule has 0 saturated carbocycles. The van der Waals surface area contributed by atoms with Crippen LogP contribution in [-0.4, -0.2) is 34.2 Å². The normalized spacial score (nSPS) is 15.2. The molecular weight excluding hydrogens is 446 g/mol. The second-order valence-corrected chi connectivity index (χ2v) is 9.24. The topological polar surface area (TPSA) is 109 Å². The summed E-state index contributed by atoms with van der Waals surface area (Å²) in [6.45, 7) is 1.06. The number of alkyl carbamates (subject to hydrolysis) is 1. The van der Waals surface area contributed by atoms with Crippen molar-refractivity contribution in [2.24, 2.45) is 0 Å². The van der Waals surface area contributed by atoms with E-state index in [9.17, 15) is 14.9 Å². The first-order valence-electron chi connectivity index (χ1n) is 10.1. The van der Waals surface area contributed by atoms with E-state index in [-0.39, 0.29) is 12.0 Å². The molecule has 3 aromatic heterocycles. The highest BCUT2D eigenvalue weighted by atomic mass is 32.1. The smallest absolute Gasteiger partial charge is 0.407 e. The van der Waals surface area contributed by atoms with Crippen LogP contribution in [-0.2, 0) is 28.9 Å². The average molecular weight is 468 g/mol. The SMILES string of the molecule is N#Cc1c(NC(=O)C=Cc2cccs2)sc2c1CCC(OC(=O)NCCn1ccnc1)C2. The van der Waals surface area contributed by atoms with Gasteiger partial charge in [0.2, 0.25) is 5.91 Å². The van der Waals surface area contributed by atoms with Crippen molar-refractivity contribution in [1.82, 2.24) is 14.9 Å². The maximum atomic E-state index is 12.3. The molecule has 0 saturated heterocycles. The van der Waals surface area contributed by atoms with Crippen molar-refractivity contribution in [3.8, 4) is 6.07 Å². The number of aromatic nitrogens is 2. The number of nitrogens with zero attached hydrogens (tertiary/aromatic N) is 3. The number of hydrogen-bond acceptors (Lipinski definition) is 7. The quantitative estimate of drug-likeness (QED) is 0.514. The lowest BCUT2D eigenvalue weighted by atomic mass is 9.94. The molecule has 0 radical (unpaired) electrons. The monoisotopic (exact) mass is 467 g/mol. The van der Waals surface area contributed by atoms with Gasteiger partial charge in [-0.3, -0.25) is 4.79 Å². The molecule has 0 aromatic carbocycles. The number of amides is 2. The van der Waals surface area contributed by atoms with E-state index in [0.29, 0.717) is 42.9 Å². The summed E-state index contributed by atoms with van der Waals surface area (Å²) in [5.74, 6) is -0.279. The molecule has 0 spiro atoms. The molecule has 3 heterocycles. The fourth-order valence-electron chi connectivity index (χ4n) is 3.46. The van der Waals surface area contributed by atoms with Crippen molar-refractivity contribution in [2.45, 2.75) is 31.9 Å². The van der Waals surface area contributed by atoms with Crippen molar-refractivity contribution in [1.29, 1.82) is 5.26 Å². The Kier molecular flexibility index (Phi) is 6.99. The Labute approximate surface area is 193 Å². The predicted molar refractivity (Wildman–Crippen MR) is 124 cm³/mol. The van der Waals surface area contributed by atoms with Gasteiger partial charge >= 0.3 is 6.09 Å². The van der Waals surface area contributed by atoms with Crippen LogP contribution in [0.3, 0.4) is 0 Å². The number of thiophene rings is 2. The average Bonchev–Trinajstić information content (AvgIpc) is 3.53. The summed E-state index contributed by atoms with van der Waals surface area (Å²) in [6, 6.07) is 6.06. The van der Waals surface area contributed by atoms with Gasteiger partial charge in [0.1, 0.15) is 17.2 Å². The lowest BCUT2D eigenvalue weighted by molar-refractivity contribution is -0.111. The van der Waals surface area contributed by atoms with Gasteiger partial charge in [-0.2, -0.15) is 5.26 Å². The number of anilines is 1. The lowest BCUT2D eigenvalue weighted by Gasteiger charge is -2.22. The van der Waals surface area contributed by atoms with Crippen LogP contribution < -0.4 is 10.6 Å². The highest BCUT2D eigenvalue weighted by Crippen LogP contribution is 2.38. The van der Waals surface area contributed by atoms with E-state index < -0.39 is 6.09 Å². The molecule has 10 heteroatoms. The number of fused-ring (bicyclic) bond motifs is 1. The number of nitrogens with one attached hydrogen (secondary N) is 2. The highest BCUT2D eigenvalue weighted by Gasteiger charge is 2.28. The van der Waals surface area contributed by atoms with Gasteiger partial charge in [-0.15, -0.1) is 22.7 Å². The molecule has 32 heavy (non-hydrogen) atoms. The van der Waals surface area contributed by atoms with E-state index in [0.717, 1.165) is 15.3 Å². The van der Waals surface area contributed by atoms with Gasteiger partial charge in [0.25, 0.3) is 0 Å². The Morgan fingerprint density at radius 3 is 3.09 bits per heavy atom. The lowest BCUT2D eigenvalue weighted by Crippen LogP contribution is -2.33. The Hall–Kier alpha value is -3.42. The van der Waals surface area contributed by atoms with Crippen LogP contribution in [0.2, 0.25) is 0 Å². The van der Waals surface area contributed by atoms with E-state index in [2.05, 4.69) is 21.7 Å². The summed E-state index contributed by atoms with van der Waals surface area (Å²) in [5, 5.41) is 17.7. The zero-order valence-corrected chi connectivity index (χ0v) is 18.7. The molecule has 0 bridgehead atoms. The number of carbonyl (C=O) groups excluding carboxylic acids is 2. The van der Waals surface area contributed by atoms with Crippen molar-refractivity contribution in [2.75, 3.05) is 11.9 Å². The minimum Gasteiger partial charge on any atom is -0.446 e. The van der Waals surface area contributed by atoms with Gasteiger partial charge in [0, 0.05) is 47.7 Å².